The average Bonchev–Trinajstić information content (AvgIpc) is 3.64. The number of nitrogens with zero attached hydrogens (tertiary/aromatic N) is 3. The first-order valence-electron chi connectivity index (χ1n) is 18.6. The third-order valence-electron chi connectivity index (χ3n) is 9.60. The molecule has 0 saturated carbocycles. The molecule has 2 heterocycles. The fraction of sp³-hybridized carbons (Fsp3) is 0.0192. The summed E-state index contributed by atoms with van der Waals surface area (Å²) in [6.45, 7) is 10.5. The molecule has 2 aromatic heterocycles. The summed E-state index contributed by atoms with van der Waals surface area (Å²) in [4.78, 5) is 16.1. The van der Waals surface area contributed by atoms with Gasteiger partial charge in [-0.2, -0.15) is 0 Å². The van der Waals surface area contributed by atoms with Crippen molar-refractivity contribution < 1.29 is 0 Å². The van der Waals surface area contributed by atoms with Crippen molar-refractivity contribution in [1.82, 2.24) is 15.0 Å². The molecule has 0 aliphatic rings. The van der Waals surface area contributed by atoms with Crippen molar-refractivity contribution >= 4 is 29.6 Å². The molecule has 0 unspecified atom stereocenters. The van der Waals surface area contributed by atoms with E-state index in [1.54, 1.807) is 11.3 Å². The minimum Gasteiger partial charge on any atom is -0.208 e. The summed E-state index contributed by atoms with van der Waals surface area (Å²) in [5, 5.41) is 0.982. The second kappa shape index (κ2) is 16.6. The van der Waals surface area contributed by atoms with Crippen LogP contribution in [0.25, 0.3) is 85.8 Å². The lowest BCUT2D eigenvalue weighted by atomic mass is 9.96. The topological polar surface area (TPSA) is 38.7 Å². The van der Waals surface area contributed by atoms with Crippen LogP contribution >= 0.6 is 11.3 Å². The minimum absolute atomic E-state index is 0.612. The van der Waals surface area contributed by atoms with Gasteiger partial charge in [-0.05, 0) is 80.9 Å². The van der Waals surface area contributed by atoms with E-state index in [0.717, 1.165) is 53.6 Å². The number of hydrogen-bond acceptors (Lipinski definition) is 4. The summed E-state index contributed by atoms with van der Waals surface area (Å²) in [6, 6.07) is 56.9. The highest BCUT2D eigenvalue weighted by Crippen LogP contribution is 2.32. The highest BCUT2D eigenvalue weighted by Gasteiger charge is 2.14. The molecule has 8 aromatic rings. The second-order valence-electron chi connectivity index (χ2n) is 13.4. The Labute approximate surface area is 332 Å². The van der Waals surface area contributed by atoms with Crippen molar-refractivity contribution in [2.24, 2.45) is 0 Å². The Hall–Kier alpha value is -7.01. The van der Waals surface area contributed by atoms with E-state index in [0.29, 0.717) is 17.5 Å². The summed E-state index contributed by atoms with van der Waals surface area (Å²) in [7, 11) is 0. The molecule has 56 heavy (non-hydrogen) atoms. The molecule has 0 fully saturated rings. The van der Waals surface area contributed by atoms with Gasteiger partial charge in [0.2, 0.25) is 0 Å². The van der Waals surface area contributed by atoms with E-state index < -0.39 is 0 Å². The smallest absolute Gasteiger partial charge is 0.164 e. The molecule has 0 saturated heterocycles. The third kappa shape index (κ3) is 7.92. The van der Waals surface area contributed by atoms with Crippen LogP contribution in [0.4, 0.5) is 0 Å². The summed E-state index contributed by atoms with van der Waals surface area (Å²) >= 11 is 1.71. The van der Waals surface area contributed by atoms with Gasteiger partial charge in [-0.3, -0.25) is 0 Å². The fourth-order valence-electron chi connectivity index (χ4n) is 6.71. The van der Waals surface area contributed by atoms with Gasteiger partial charge in [0.15, 0.2) is 17.5 Å². The van der Waals surface area contributed by atoms with Crippen LogP contribution in [0.5, 0.6) is 0 Å². The van der Waals surface area contributed by atoms with E-state index in [1.165, 1.54) is 22.3 Å². The van der Waals surface area contributed by atoms with Crippen molar-refractivity contribution in [1.29, 1.82) is 0 Å². The SMILES string of the molecule is C=C/C(c1ccc(-c2nc(-c3ccccc3)nc(-c3ccc(-c4cccc(-c5cccc(-c6ccccc6)c5)c4)cc3)n2)cc1)=c1/sc(/C=C\C=C/C)cc1=C. The van der Waals surface area contributed by atoms with Crippen molar-refractivity contribution in [3.63, 3.8) is 0 Å². The second-order valence-corrected chi connectivity index (χ2v) is 14.4. The third-order valence-corrected chi connectivity index (χ3v) is 10.8. The lowest BCUT2D eigenvalue weighted by molar-refractivity contribution is 1.07. The van der Waals surface area contributed by atoms with Crippen molar-refractivity contribution in [2.45, 2.75) is 6.92 Å². The maximum atomic E-state index is 5.02. The highest BCUT2D eigenvalue weighted by atomic mass is 32.1. The lowest BCUT2D eigenvalue weighted by Crippen LogP contribution is -2.18. The number of thiophene rings is 1. The van der Waals surface area contributed by atoms with Crippen LogP contribution in [0.2, 0.25) is 0 Å². The molecule has 6 aromatic carbocycles. The Morgan fingerprint density at radius 1 is 0.482 bits per heavy atom. The summed E-state index contributed by atoms with van der Waals surface area (Å²) in [5.74, 6) is 1.86. The largest absolute Gasteiger partial charge is 0.208 e. The summed E-state index contributed by atoms with van der Waals surface area (Å²) in [5.41, 5.74) is 11.9. The van der Waals surface area contributed by atoms with Gasteiger partial charge >= 0.3 is 0 Å². The van der Waals surface area contributed by atoms with Crippen LogP contribution in [0.15, 0.2) is 195 Å². The van der Waals surface area contributed by atoms with Gasteiger partial charge in [0.25, 0.3) is 0 Å². The number of hydrogen-bond donors (Lipinski definition) is 0. The predicted octanol–water partition coefficient (Wildman–Crippen LogP) is 12.3. The average molecular weight is 738 g/mol. The lowest BCUT2D eigenvalue weighted by Gasteiger charge is -2.11. The zero-order chi connectivity index (χ0) is 38.3. The van der Waals surface area contributed by atoms with Crippen LogP contribution in [0.1, 0.15) is 17.4 Å². The van der Waals surface area contributed by atoms with Gasteiger partial charge in [0.05, 0.1) is 0 Å². The van der Waals surface area contributed by atoms with Gasteiger partial charge in [-0.1, -0.05) is 183 Å². The molecule has 3 nitrogen and oxygen atoms in total. The van der Waals surface area contributed by atoms with Crippen molar-refractivity contribution in [3.05, 3.63) is 215 Å². The first-order chi connectivity index (χ1) is 27.6. The zero-order valence-corrected chi connectivity index (χ0v) is 32.0. The van der Waals surface area contributed by atoms with Gasteiger partial charge < -0.3 is 0 Å². The molecule has 0 spiro atoms. The fourth-order valence-corrected chi connectivity index (χ4v) is 7.80. The van der Waals surface area contributed by atoms with Crippen LogP contribution in [0, 0.1) is 0 Å². The van der Waals surface area contributed by atoms with Crippen LogP contribution in [-0.4, -0.2) is 15.0 Å². The molecule has 0 radical (unpaired) electrons. The van der Waals surface area contributed by atoms with Gasteiger partial charge in [-0.15, -0.1) is 11.3 Å². The van der Waals surface area contributed by atoms with E-state index in [1.807, 2.05) is 67.6 Å². The van der Waals surface area contributed by atoms with Gasteiger partial charge in [-0.25, -0.2) is 15.0 Å². The van der Waals surface area contributed by atoms with Crippen molar-refractivity contribution in [2.75, 3.05) is 0 Å². The maximum Gasteiger partial charge on any atom is 0.164 e. The summed E-state index contributed by atoms with van der Waals surface area (Å²) in [6.07, 6.45) is 10.1. The van der Waals surface area contributed by atoms with E-state index in [2.05, 4.69) is 147 Å². The van der Waals surface area contributed by atoms with E-state index in [-0.39, 0.29) is 0 Å². The Kier molecular flexibility index (Phi) is 10.6. The van der Waals surface area contributed by atoms with Crippen LogP contribution in [0.3, 0.4) is 0 Å². The first kappa shape index (κ1) is 36.0. The Bertz CT molecular complexity index is 2810. The van der Waals surface area contributed by atoms with Crippen LogP contribution < -0.4 is 9.75 Å². The molecular formula is C52H39N3S. The Morgan fingerprint density at radius 2 is 0.911 bits per heavy atom. The summed E-state index contributed by atoms with van der Waals surface area (Å²) < 4.78 is 1.11. The Morgan fingerprint density at radius 3 is 1.43 bits per heavy atom. The zero-order valence-electron chi connectivity index (χ0n) is 31.1. The van der Waals surface area contributed by atoms with E-state index >= 15 is 0 Å². The number of allylic oxidation sites excluding steroid dienone is 4. The normalized spacial score (nSPS) is 11.9. The molecule has 0 amide bonds. The number of benzene rings is 6. The number of rotatable bonds is 10. The monoisotopic (exact) mass is 737 g/mol. The predicted molar refractivity (Wildman–Crippen MR) is 238 cm³/mol. The van der Waals surface area contributed by atoms with Gasteiger partial charge in [0.1, 0.15) is 0 Å². The van der Waals surface area contributed by atoms with Crippen LogP contribution in [-0.2, 0) is 0 Å². The van der Waals surface area contributed by atoms with E-state index in [9.17, 15) is 0 Å². The van der Waals surface area contributed by atoms with Crippen molar-refractivity contribution in [3.8, 4) is 67.5 Å². The molecule has 4 heteroatoms. The maximum absolute atomic E-state index is 5.02. The molecule has 268 valence electrons. The van der Waals surface area contributed by atoms with E-state index in [4.69, 9.17) is 15.0 Å². The molecule has 0 aliphatic carbocycles. The quantitative estimate of drug-likeness (QED) is 0.131. The number of aromatic nitrogens is 3. The molecule has 0 aliphatic heterocycles. The molecule has 0 N–H and O–H groups in total. The van der Waals surface area contributed by atoms with Gasteiger partial charge in [0, 0.05) is 26.1 Å². The Balaban J connectivity index is 1.11. The molecule has 0 bridgehead atoms. The first-order valence-corrected chi connectivity index (χ1v) is 19.4. The highest BCUT2D eigenvalue weighted by molar-refractivity contribution is 7.10. The standard InChI is InChI=1S/C52H39N3S/c1-4-6-9-24-47-33-36(3)49(56-47)48(5-2)39-27-31-42(32-28-39)52-54-50(40-18-12-8-13-19-40)53-51(55-52)41-29-25-38(26-30-41)44-21-15-23-46(35-44)45-22-14-20-43(34-45)37-16-10-7-11-17-37/h4-35H,2-3H2,1H3/b6-4-,24-9-,49-48-. The molecule has 8 rings (SSSR count). The minimum atomic E-state index is 0.612. The molecule has 0 atom stereocenters. The molecular weight excluding hydrogens is 699 g/mol.